The summed E-state index contributed by atoms with van der Waals surface area (Å²) >= 11 is 0. The smallest absolute Gasteiger partial charge is 0.119 e. The van der Waals surface area contributed by atoms with Crippen LogP contribution in [-0.4, -0.2) is 7.11 Å². The fraction of sp³-hybridized carbons (Fsp3) is 0.263. The molecule has 22 heavy (non-hydrogen) atoms. The van der Waals surface area contributed by atoms with Crippen molar-refractivity contribution < 1.29 is 4.74 Å². The first kappa shape index (κ1) is 13.3. The number of nitrogens with two attached hydrogens (primary N) is 1. The molecule has 1 aliphatic carbocycles. The lowest BCUT2D eigenvalue weighted by Gasteiger charge is -2.31. The molecule has 1 heterocycles. The number of aryl methyl sites for hydroxylation is 1. The van der Waals surface area contributed by atoms with Gasteiger partial charge in [-0.05, 0) is 54.2 Å². The average Bonchev–Trinajstić information content (AvgIpc) is 2.74. The van der Waals surface area contributed by atoms with E-state index in [2.05, 4.69) is 35.6 Å². The summed E-state index contributed by atoms with van der Waals surface area (Å²) in [7, 11) is 1.72. The molecule has 0 saturated heterocycles. The zero-order chi connectivity index (χ0) is 15.1. The second kappa shape index (κ2) is 5.09. The highest BCUT2D eigenvalue weighted by atomic mass is 16.5. The third-order valence-corrected chi connectivity index (χ3v) is 4.76. The summed E-state index contributed by atoms with van der Waals surface area (Å²) in [5.74, 6) is 0.926. The fourth-order valence-electron chi connectivity index (χ4n) is 3.64. The highest BCUT2D eigenvalue weighted by Gasteiger charge is 2.29. The minimum Gasteiger partial charge on any atom is -0.497 e. The first-order chi connectivity index (χ1) is 10.8. The van der Waals surface area contributed by atoms with Gasteiger partial charge in [-0.2, -0.15) is 0 Å². The topological polar surface area (TPSA) is 47.3 Å². The van der Waals surface area contributed by atoms with Crippen LogP contribution in [0.3, 0.4) is 0 Å². The van der Waals surface area contributed by atoms with E-state index in [1.165, 1.54) is 16.7 Å². The Morgan fingerprint density at radius 2 is 2.00 bits per heavy atom. The van der Waals surface area contributed by atoms with Gasteiger partial charge in [0.15, 0.2) is 0 Å². The standard InChI is InChI=1S/C19H20N2O/c1-22-13-9-10-14-12(11-13)5-4-7-16-18(20)15-6-2-3-8-17(15)21-19(14)16/h2-3,6,8-11,19,21H,4-5,7,20H2,1H3. The summed E-state index contributed by atoms with van der Waals surface area (Å²) in [5.41, 5.74) is 13.7. The molecule has 2 aromatic carbocycles. The monoisotopic (exact) mass is 292 g/mol. The Bertz CT molecular complexity index is 764. The van der Waals surface area contributed by atoms with E-state index < -0.39 is 0 Å². The predicted molar refractivity (Wildman–Crippen MR) is 89.8 cm³/mol. The molecular weight excluding hydrogens is 272 g/mol. The van der Waals surface area contributed by atoms with Crippen LogP contribution in [0.25, 0.3) is 5.70 Å². The molecule has 3 N–H and O–H groups in total. The molecular formula is C19H20N2O. The van der Waals surface area contributed by atoms with Crippen LogP contribution in [0, 0.1) is 0 Å². The highest BCUT2D eigenvalue weighted by molar-refractivity contribution is 5.81. The maximum absolute atomic E-state index is 6.50. The van der Waals surface area contributed by atoms with Gasteiger partial charge in [-0.1, -0.05) is 24.3 Å². The lowest BCUT2D eigenvalue weighted by molar-refractivity contribution is 0.414. The van der Waals surface area contributed by atoms with Crippen LogP contribution in [0.4, 0.5) is 5.69 Å². The average molecular weight is 292 g/mol. The van der Waals surface area contributed by atoms with Crippen LogP contribution in [0.1, 0.15) is 35.6 Å². The van der Waals surface area contributed by atoms with Gasteiger partial charge in [-0.3, -0.25) is 0 Å². The molecule has 1 atom stereocenters. The highest BCUT2D eigenvalue weighted by Crippen LogP contribution is 2.43. The molecule has 3 nitrogen and oxygen atoms in total. The molecule has 0 radical (unpaired) electrons. The Balaban J connectivity index is 1.87. The minimum absolute atomic E-state index is 0.179. The van der Waals surface area contributed by atoms with E-state index in [1.807, 2.05) is 12.1 Å². The maximum atomic E-state index is 6.50. The Kier molecular flexibility index (Phi) is 3.07. The molecule has 4 rings (SSSR count). The molecule has 3 heteroatoms. The van der Waals surface area contributed by atoms with Gasteiger partial charge < -0.3 is 15.8 Å². The molecule has 0 bridgehead atoms. The summed E-state index contributed by atoms with van der Waals surface area (Å²) in [6.45, 7) is 0. The molecule has 2 aromatic rings. The van der Waals surface area contributed by atoms with Gasteiger partial charge in [0.1, 0.15) is 5.75 Å². The summed E-state index contributed by atoms with van der Waals surface area (Å²) in [6.07, 6.45) is 3.23. The number of ether oxygens (including phenoxy) is 1. The lowest BCUT2D eigenvalue weighted by atomic mass is 9.88. The Hall–Kier alpha value is -2.42. The van der Waals surface area contributed by atoms with Gasteiger partial charge >= 0.3 is 0 Å². The summed E-state index contributed by atoms with van der Waals surface area (Å²) in [4.78, 5) is 0. The number of hydrogen-bond donors (Lipinski definition) is 2. The quantitative estimate of drug-likeness (QED) is 0.839. The first-order valence-electron chi connectivity index (χ1n) is 7.79. The van der Waals surface area contributed by atoms with Crippen molar-refractivity contribution in [3.63, 3.8) is 0 Å². The number of rotatable bonds is 1. The summed E-state index contributed by atoms with van der Waals surface area (Å²) in [5, 5.41) is 3.68. The van der Waals surface area contributed by atoms with Crippen LogP contribution in [-0.2, 0) is 6.42 Å². The van der Waals surface area contributed by atoms with E-state index in [9.17, 15) is 0 Å². The molecule has 0 spiro atoms. The largest absolute Gasteiger partial charge is 0.497 e. The summed E-state index contributed by atoms with van der Waals surface area (Å²) < 4.78 is 5.38. The predicted octanol–water partition coefficient (Wildman–Crippen LogP) is 3.87. The fourth-order valence-corrected chi connectivity index (χ4v) is 3.64. The number of para-hydroxylation sites is 1. The number of anilines is 1. The van der Waals surface area contributed by atoms with E-state index in [4.69, 9.17) is 10.5 Å². The van der Waals surface area contributed by atoms with Crippen LogP contribution >= 0.6 is 0 Å². The molecule has 0 amide bonds. The maximum Gasteiger partial charge on any atom is 0.119 e. The van der Waals surface area contributed by atoms with Crippen molar-refractivity contribution in [1.82, 2.24) is 0 Å². The molecule has 0 fully saturated rings. The van der Waals surface area contributed by atoms with Crippen molar-refractivity contribution >= 4 is 11.4 Å². The Morgan fingerprint density at radius 3 is 2.86 bits per heavy atom. The van der Waals surface area contributed by atoms with Gasteiger partial charge in [-0.15, -0.1) is 0 Å². The number of hydrogen-bond acceptors (Lipinski definition) is 3. The van der Waals surface area contributed by atoms with Crippen LogP contribution in [0.2, 0.25) is 0 Å². The van der Waals surface area contributed by atoms with Gasteiger partial charge in [-0.25, -0.2) is 0 Å². The second-order valence-electron chi connectivity index (χ2n) is 5.98. The Labute approximate surface area is 130 Å². The van der Waals surface area contributed by atoms with Crippen molar-refractivity contribution in [1.29, 1.82) is 0 Å². The second-order valence-corrected chi connectivity index (χ2v) is 5.98. The van der Waals surface area contributed by atoms with E-state index in [0.29, 0.717) is 0 Å². The SMILES string of the molecule is COc1ccc2c(c1)CCCC1=C(N)c3ccccc3NC12. The number of fused-ring (bicyclic) bond motifs is 4. The summed E-state index contributed by atoms with van der Waals surface area (Å²) in [6, 6.07) is 14.9. The normalized spacial score (nSPS) is 19.4. The molecule has 0 saturated carbocycles. The van der Waals surface area contributed by atoms with E-state index in [0.717, 1.165) is 42.0 Å². The van der Waals surface area contributed by atoms with E-state index >= 15 is 0 Å². The van der Waals surface area contributed by atoms with Gasteiger partial charge in [0.25, 0.3) is 0 Å². The van der Waals surface area contributed by atoms with Crippen molar-refractivity contribution in [2.24, 2.45) is 5.73 Å². The molecule has 1 aliphatic heterocycles. The lowest BCUT2D eigenvalue weighted by Crippen LogP contribution is -2.22. The number of nitrogens with one attached hydrogen (secondary N) is 1. The van der Waals surface area contributed by atoms with E-state index in [1.54, 1.807) is 7.11 Å². The van der Waals surface area contributed by atoms with Gasteiger partial charge in [0.2, 0.25) is 0 Å². The van der Waals surface area contributed by atoms with Crippen LogP contribution in [0.5, 0.6) is 5.75 Å². The van der Waals surface area contributed by atoms with Crippen molar-refractivity contribution in [2.45, 2.75) is 25.3 Å². The van der Waals surface area contributed by atoms with Crippen molar-refractivity contribution in [2.75, 3.05) is 12.4 Å². The number of benzene rings is 2. The minimum atomic E-state index is 0.179. The zero-order valence-electron chi connectivity index (χ0n) is 12.7. The molecule has 1 unspecified atom stereocenters. The van der Waals surface area contributed by atoms with Crippen molar-refractivity contribution in [3.05, 3.63) is 64.7 Å². The van der Waals surface area contributed by atoms with Crippen molar-refractivity contribution in [3.8, 4) is 5.75 Å². The third-order valence-electron chi connectivity index (χ3n) is 4.76. The first-order valence-corrected chi connectivity index (χ1v) is 7.79. The third kappa shape index (κ3) is 1.97. The van der Waals surface area contributed by atoms with Gasteiger partial charge in [0.05, 0.1) is 13.2 Å². The molecule has 112 valence electrons. The molecule has 2 aliphatic rings. The van der Waals surface area contributed by atoms with Crippen LogP contribution < -0.4 is 15.8 Å². The van der Waals surface area contributed by atoms with E-state index in [-0.39, 0.29) is 6.04 Å². The van der Waals surface area contributed by atoms with Crippen LogP contribution in [0.15, 0.2) is 48.0 Å². The van der Waals surface area contributed by atoms with Gasteiger partial charge in [0, 0.05) is 16.9 Å². The number of methoxy groups -OCH3 is 1. The zero-order valence-corrected chi connectivity index (χ0v) is 12.7. The molecule has 0 aromatic heterocycles. The Morgan fingerprint density at radius 1 is 1.14 bits per heavy atom.